The zero-order valence-corrected chi connectivity index (χ0v) is 51.8. The van der Waals surface area contributed by atoms with Crippen LogP contribution in [0.4, 0.5) is 0 Å². The molecule has 6 heteroatoms. The third-order valence-corrected chi connectivity index (χ3v) is 16.6. The SMILES string of the molecule is CCCCCCCCCCCCCCCCC/C=C/C(O)C(CO)NC(=O)CCCCCCCCCCCCCCCCCCCCCCCCCCOC(=O)CCCCCCCCCCCCCCCCCCCC. The highest BCUT2D eigenvalue weighted by atomic mass is 16.5. The number of carbonyl (C=O) groups excluding carboxylic acids is 2. The van der Waals surface area contributed by atoms with E-state index in [4.69, 9.17) is 4.74 Å². The molecule has 0 aromatic rings. The lowest BCUT2D eigenvalue weighted by Gasteiger charge is -2.20. The van der Waals surface area contributed by atoms with E-state index in [-0.39, 0.29) is 18.5 Å². The van der Waals surface area contributed by atoms with E-state index in [1.54, 1.807) is 6.08 Å². The lowest BCUT2D eigenvalue weighted by Crippen LogP contribution is -2.45. The van der Waals surface area contributed by atoms with Crippen LogP contribution in [0.3, 0.4) is 0 Å². The molecular formula is C70H137NO5. The number of aliphatic hydroxyl groups is 2. The zero-order chi connectivity index (χ0) is 55.0. The number of hydrogen-bond donors (Lipinski definition) is 3. The molecule has 0 aliphatic heterocycles. The molecule has 0 rings (SSSR count). The maximum atomic E-state index is 12.5. The van der Waals surface area contributed by atoms with E-state index in [1.165, 1.54) is 334 Å². The second kappa shape index (κ2) is 66.1. The van der Waals surface area contributed by atoms with Crippen LogP contribution in [0.1, 0.15) is 399 Å². The van der Waals surface area contributed by atoms with Crippen LogP contribution in [-0.2, 0) is 14.3 Å². The van der Waals surface area contributed by atoms with Crippen LogP contribution in [0.25, 0.3) is 0 Å². The Kier molecular flexibility index (Phi) is 64.9. The monoisotopic (exact) mass is 1070 g/mol. The minimum atomic E-state index is -0.843. The van der Waals surface area contributed by atoms with Crippen LogP contribution in [0.15, 0.2) is 12.2 Å². The Morgan fingerprint density at radius 3 is 0.895 bits per heavy atom. The van der Waals surface area contributed by atoms with Gasteiger partial charge in [0.05, 0.1) is 25.4 Å². The van der Waals surface area contributed by atoms with E-state index >= 15 is 0 Å². The average Bonchev–Trinajstić information content (AvgIpc) is 3.42. The number of nitrogens with one attached hydrogen (secondary N) is 1. The van der Waals surface area contributed by atoms with Gasteiger partial charge in [-0.1, -0.05) is 366 Å². The molecule has 76 heavy (non-hydrogen) atoms. The van der Waals surface area contributed by atoms with E-state index in [1.807, 2.05) is 6.08 Å². The minimum Gasteiger partial charge on any atom is -0.466 e. The fourth-order valence-electron chi connectivity index (χ4n) is 11.2. The Bertz CT molecular complexity index is 1140. The topological polar surface area (TPSA) is 95.9 Å². The number of amides is 1. The van der Waals surface area contributed by atoms with Crippen molar-refractivity contribution in [2.24, 2.45) is 0 Å². The van der Waals surface area contributed by atoms with Crippen molar-refractivity contribution in [2.45, 2.75) is 411 Å². The molecule has 0 aromatic heterocycles. The molecule has 2 atom stereocenters. The van der Waals surface area contributed by atoms with E-state index in [0.29, 0.717) is 19.4 Å². The number of rotatable bonds is 66. The third kappa shape index (κ3) is 61.8. The lowest BCUT2D eigenvalue weighted by atomic mass is 10.0. The first kappa shape index (κ1) is 74.6. The number of hydrogen-bond acceptors (Lipinski definition) is 5. The first-order chi connectivity index (χ1) is 37.5. The molecule has 0 aliphatic rings. The summed E-state index contributed by atoms with van der Waals surface area (Å²) in [5.74, 6) is -0.0428. The van der Waals surface area contributed by atoms with E-state index < -0.39 is 12.1 Å². The number of ether oxygens (including phenoxy) is 1. The summed E-state index contributed by atoms with van der Waals surface area (Å²) < 4.78 is 5.51. The highest BCUT2D eigenvalue weighted by molar-refractivity contribution is 5.76. The summed E-state index contributed by atoms with van der Waals surface area (Å²) in [5.41, 5.74) is 0. The molecule has 0 heterocycles. The van der Waals surface area contributed by atoms with E-state index in [9.17, 15) is 19.8 Å². The number of carbonyl (C=O) groups is 2. The van der Waals surface area contributed by atoms with Crippen LogP contribution in [-0.4, -0.2) is 47.4 Å². The molecule has 0 saturated carbocycles. The summed E-state index contributed by atoms with van der Waals surface area (Å²) in [4.78, 5) is 24.6. The predicted molar refractivity (Wildman–Crippen MR) is 333 cm³/mol. The Labute approximate surface area is 476 Å². The molecule has 2 unspecified atom stereocenters. The molecule has 452 valence electrons. The Morgan fingerprint density at radius 2 is 0.605 bits per heavy atom. The first-order valence-electron chi connectivity index (χ1n) is 35.0. The molecule has 1 amide bonds. The van der Waals surface area contributed by atoms with Gasteiger partial charge in [0, 0.05) is 12.8 Å². The van der Waals surface area contributed by atoms with Crippen molar-refractivity contribution in [3.8, 4) is 0 Å². The molecule has 0 aromatic carbocycles. The van der Waals surface area contributed by atoms with Gasteiger partial charge in [0.2, 0.25) is 5.91 Å². The Morgan fingerprint density at radius 1 is 0.355 bits per heavy atom. The van der Waals surface area contributed by atoms with Crippen LogP contribution in [0.5, 0.6) is 0 Å². The molecule has 6 nitrogen and oxygen atoms in total. The van der Waals surface area contributed by atoms with Crippen molar-refractivity contribution in [2.75, 3.05) is 13.2 Å². The van der Waals surface area contributed by atoms with Gasteiger partial charge in [-0.15, -0.1) is 0 Å². The quantitative estimate of drug-likeness (QED) is 0.0320. The fraction of sp³-hybridized carbons (Fsp3) is 0.943. The van der Waals surface area contributed by atoms with Crippen LogP contribution >= 0.6 is 0 Å². The number of esters is 1. The second-order valence-corrected chi connectivity index (χ2v) is 24.2. The van der Waals surface area contributed by atoms with Crippen molar-refractivity contribution < 1.29 is 24.5 Å². The molecule has 0 radical (unpaired) electrons. The summed E-state index contributed by atoms with van der Waals surface area (Å²) in [6.45, 7) is 4.95. The average molecular weight is 1070 g/mol. The molecular weight excluding hydrogens is 935 g/mol. The van der Waals surface area contributed by atoms with Crippen molar-refractivity contribution in [3.05, 3.63) is 12.2 Å². The van der Waals surface area contributed by atoms with E-state index in [0.717, 1.165) is 38.5 Å². The number of allylic oxidation sites excluding steroid dienone is 1. The number of unbranched alkanes of at least 4 members (excludes halogenated alkanes) is 55. The predicted octanol–water partition coefficient (Wildman–Crippen LogP) is 22.4. The van der Waals surface area contributed by atoms with Gasteiger partial charge >= 0.3 is 5.97 Å². The van der Waals surface area contributed by atoms with Crippen molar-refractivity contribution >= 4 is 11.9 Å². The van der Waals surface area contributed by atoms with Crippen molar-refractivity contribution in [3.63, 3.8) is 0 Å². The van der Waals surface area contributed by atoms with Gasteiger partial charge < -0.3 is 20.3 Å². The van der Waals surface area contributed by atoms with Gasteiger partial charge in [-0.3, -0.25) is 9.59 Å². The minimum absolute atomic E-state index is 0.0204. The smallest absolute Gasteiger partial charge is 0.305 e. The van der Waals surface area contributed by atoms with Gasteiger partial charge in [0.1, 0.15) is 0 Å². The van der Waals surface area contributed by atoms with Gasteiger partial charge in [0.25, 0.3) is 0 Å². The molecule has 0 spiro atoms. The van der Waals surface area contributed by atoms with E-state index in [2.05, 4.69) is 19.2 Å². The molecule has 0 fully saturated rings. The Hall–Kier alpha value is -1.40. The van der Waals surface area contributed by atoms with Crippen molar-refractivity contribution in [1.29, 1.82) is 0 Å². The maximum Gasteiger partial charge on any atom is 0.305 e. The number of aliphatic hydroxyl groups excluding tert-OH is 2. The molecule has 0 saturated heterocycles. The summed E-state index contributed by atoms with van der Waals surface area (Å²) in [5, 5.41) is 23.2. The van der Waals surface area contributed by atoms with Crippen LogP contribution in [0, 0.1) is 0 Å². The van der Waals surface area contributed by atoms with Gasteiger partial charge in [-0.25, -0.2) is 0 Å². The summed E-state index contributed by atoms with van der Waals surface area (Å²) in [6.07, 6.45) is 81.4. The third-order valence-electron chi connectivity index (χ3n) is 16.6. The molecule has 0 aliphatic carbocycles. The second-order valence-electron chi connectivity index (χ2n) is 24.2. The standard InChI is InChI=1S/C70H137NO5/c1-3-5-7-9-11-13-15-17-19-21-32-36-40-44-48-52-56-60-64-70(75)76-65-61-57-53-49-45-41-37-33-29-27-25-23-22-24-26-28-31-35-39-43-47-51-55-59-63-69(74)71-67(66-72)68(73)62-58-54-50-46-42-38-34-30-20-18-16-14-12-10-8-6-4-2/h58,62,67-68,72-73H,3-57,59-61,63-66H2,1-2H3,(H,71,74)/b62-58+. The Balaban J connectivity index is 3.36. The summed E-state index contributed by atoms with van der Waals surface area (Å²) in [6, 6.07) is -0.626. The zero-order valence-electron chi connectivity index (χ0n) is 51.8. The summed E-state index contributed by atoms with van der Waals surface area (Å²) >= 11 is 0. The highest BCUT2D eigenvalue weighted by Crippen LogP contribution is 2.19. The van der Waals surface area contributed by atoms with Gasteiger partial charge in [-0.05, 0) is 32.1 Å². The fourth-order valence-corrected chi connectivity index (χ4v) is 11.2. The van der Waals surface area contributed by atoms with Gasteiger partial charge in [0.15, 0.2) is 0 Å². The van der Waals surface area contributed by atoms with Crippen LogP contribution in [0.2, 0.25) is 0 Å². The summed E-state index contributed by atoms with van der Waals surface area (Å²) in [7, 11) is 0. The molecule has 0 bridgehead atoms. The lowest BCUT2D eigenvalue weighted by molar-refractivity contribution is -0.143. The largest absolute Gasteiger partial charge is 0.466 e. The van der Waals surface area contributed by atoms with Gasteiger partial charge in [-0.2, -0.15) is 0 Å². The van der Waals surface area contributed by atoms with Crippen molar-refractivity contribution in [1.82, 2.24) is 5.32 Å². The maximum absolute atomic E-state index is 12.5. The highest BCUT2D eigenvalue weighted by Gasteiger charge is 2.18. The van der Waals surface area contributed by atoms with Crippen LogP contribution < -0.4 is 5.32 Å². The molecule has 3 N–H and O–H groups in total. The normalized spacial score (nSPS) is 12.5. The first-order valence-corrected chi connectivity index (χ1v) is 35.0.